The molecule has 0 heterocycles. The quantitative estimate of drug-likeness (QED) is 0.625. The van der Waals surface area contributed by atoms with Gasteiger partial charge in [0.2, 0.25) is 5.91 Å². The molecule has 4 nitrogen and oxygen atoms in total. The second kappa shape index (κ2) is 8.03. The first-order valence-corrected chi connectivity index (χ1v) is 7.67. The molecule has 120 valence electrons. The number of aryl methyl sites for hydroxylation is 1. The van der Waals surface area contributed by atoms with Crippen LogP contribution in [0.15, 0.2) is 48.5 Å². The molecular formula is C19H22N2O2. The van der Waals surface area contributed by atoms with E-state index in [1.807, 2.05) is 50.2 Å². The van der Waals surface area contributed by atoms with Crippen molar-refractivity contribution in [1.29, 1.82) is 0 Å². The number of carbonyl (C=O) groups excluding carboxylic acids is 1. The van der Waals surface area contributed by atoms with Crippen molar-refractivity contribution in [3.8, 4) is 5.75 Å². The summed E-state index contributed by atoms with van der Waals surface area (Å²) in [6.45, 7) is 4.63. The van der Waals surface area contributed by atoms with E-state index in [2.05, 4.69) is 5.32 Å². The van der Waals surface area contributed by atoms with Gasteiger partial charge in [-0.1, -0.05) is 31.2 Å². The fraction of sp³-hybridized carbons (Fsp3) is 0.211. The molecule has 0 bridgehead atoms. The second-order valence-electron chi connectivity index (χ2n) is 5.28. The number of hydrogen-bond acceptors (Lipinski definition) is 3. The maximum absolute atomic E-state index is 12.0. The number of benzene rings is 2. The fourth-order valence-corrected chi connectivity index (χ4v) is 2.07. The summed E-state index contributed by atoms with van der Waals surface area (Å²) < 4.78 is 5.53. The Morgan fingerprint density at radius 3 is 2.74 bits per heavy atom. The van der Waals surface area contributed by atoms with Gasteiger partial charge in [-0.3, -0.25) is 4.79 Å². The molecule has 0 unspecified atom stereocenters. The zero-order chi connectivity index (χ0) is 16.7. The predicted octanol–water partition coefficient (Wildman–Crippen LogP) is 4.02. The molecule has 0 aliphatic carbocycles. The zero-order valence-electron chi connectivity index (χ0n) is 13.5. The number of nitrogen functional groups attached to an aromatic ring is 1. The first-order valence-electron chi connectivity index (χ1n) is 7.67. The van der Waals surface area contributed by atoms with Crippen molar-refractivity contribution in [2.45, 2.75) is 20.3 Å². The van der Waals surface area contributed by atoms with Gasteiger partial charge in [0.05, 0.1) is 12.3 Å². The Morgan fingerprint density at radius 2 is 2.04 bits per heavy atom. The Labute approximate surface area is 137 Å². The van der Waals surface area contributed by atoms with Crippen LogP contribution in [0.3, 0.4) is 0 Å². The minimum atomic E-state index is -0.177. The molecule has 2 aromatic rings. The van der Waals surface area contributed by atoms with Crippen LogP contribution in [-0.2, 0) is 4.79 Å². The number of nitrogens with two attached hydrogens (primary N) is 1. The van der Waals surface area contributed by atoms with Crippen molar-refractivity contribution in [2.75, 3.05) is 17.7 Å². The van der Waals surface area contributed by atoms with Crippen LogP contribution in [0, 0.1) is 6.92 Å². The third kappa shape index (κ3) is 4.88. The summed E-state index contributed by atoms with van der Waals surface area (Å²) in [6, 6.07) is 13.1. The molecule has 0 aromatic heterocycles. The average molecular weight is 310 g/mol. The minimum Gasteiger partial charge on any atom is -0.491 e. The van der Waals surface area contributed by atoms with Crippen LogP contribution in [0.2, 0.25) is 0 Å². The van der Waals surface area contributed by atoms with Gasteiger partial charge in [-0.05, 0) is 48.7 Å². The lowest BCUT2D eigenvalue weighted by molar-refractivity contribution is -0.111. The van der Waals surface area contributed by atoms with Crippen LogP contribution in [0.1, 0.15) is 24.5 Å². The molecule has 0 radical (unpaired) electrons. The molecule has 3 N–H and O–H groups in total. The molecule has 0 aliphatic rings. The molecule has 4 heteroatoms. The van der Waals surface area contributed by atoms with Gasteiger partial charge in [-0.15, -0.1) is 0 Å². The third-order valence-electron chi connectivity index (χ3n) is 3.33. The third-order valence-corrected chi connectivity index (χ3v) is 3.33. The van der Waals surface area contributed by atoms with Gasteiger partial charge in [0.1, 0.15) is 5.75 Å². The highest BCUT2D eigenvalue weighted by Crippen LogP contribution is 2.23. The molecule has 0 spiro atoms. The lowest BCUT2D eigenvalue weighted by Crippen LogP contribution is -2.08. The van der Waals surface area contributed by atoms with Crippen molar-refractivity contribution in [3.05, 3.63) is 59.7 Å². The van der Waals surface area contributed by atoms with Gasteiger partial charge in [0.15, 0.2) is 0 Å². The van der Waals surface area contributed by atoms with E-state index in [4.69, 9.17) is 10.5 Å². The fourth-order valence-electron chi connectivity index (χ4n) is 2.07. The summed E-state index contributed by atoms with van der Waals surface area (Å²) in [4.78, 5) is 12.0. The van der Waals surface area contributed by atoms with E-state index in [1.54, 1.807) is 12.1 Å². The minimum absolute atomic E-state index is 0.177. The van der Waals surface area contributed by atoms with Crippen LogP contribution in [-0.4, -0.2) is 12.5 Å². The van der Waals surface area contributed by atoms with Crippen molar-refractivity contribution in [3.63, 3.8) is 0 Å². The number of anilines is 2. The van der Waals surface area contributed by atoms with Crippen LogP contribution in [0.5, 0.6) is 5.75 Å². The van der Waals surface area contributed by atoms with E-state index in [9.17, 15) is 4.79 Å². The highest BCUT2D eigenvalue weighted by atomic mass is 16.5. The molecule has 2 rings (SSSR count). The van der Waals surface area contributed by atoms with Gasteiger partial charge in [0.25, 0.3) is 0 Å². The number of carbonyl (C=O) groups is 1. The van der Waals surface area contributed by atoms with Crippen LogP contribution in [0.4, 0.5) is 11.4 Å². The zero-order valence-corrected chi connectivity index (χ0v) is 13.5. The molecule has 0 atom stereocenters. The Morgan fingerprint density at radius 1 is 1.26 bits per heavy atom. The summed E-state index contributed by atoms with van der Waals surface area (Å²) in [6.07, 6.45) is 4.15. The van der Waals surface area contributed by atoms with Gasteiger partial charge in [-0.25, -0.2) is 0 Å². The SMILES string of the molecule is CCCOc1ccc(/C=C\C(=O)Nc2ccccc2C)cc1N. The molecule has 1 amide bonds. The van der Waals surface area contributed by atoms with Gasteiger partial charge < -0.3 is 15.8 Å². The monoisotopic (exact) mass is 310 g/mol. The topological polar surface area (TPSA) is 64.3 Å². The van der Waals surface area contributed by atoms with E-state index in [0.717, 1.165) is 23.2 Å². The second-order valence-corrected chi connectivity index (χ2v) is 5.28. The van der Waals surface area contributed by atoms with Crippen molar-refractivity contribution in [1.82, 2.24) is 0 Å². The number of ether oxygens (including phenoxy) is 1. The van der Waals surface area contributed by atoms with Crippen LogP contribution in [0.25, 0.3) is 6.08 Å². The first kappa shape index (κ1) is 16.6. The Hall–Kier alpha value is -2.75. The Bertz CT molecular complexity index is 708. The molecular weight excluding hydrogens is 288 g/mol. The highest BCUT2D eigenvalue weighted by molar-refractivity contribution is 6.02. The Kier molecular flexibility index (Phi) is 5.80. The average Bonchev–Trinajstić information content (AvgIpc) is 2.54. The van der Waals surface area contributed by atoms with E-state index < -0.39 is 0 Å². The van der Waals surface area contributed by atoms with Gasteiger partial charge in [-0.2, -0.15) is 0 Å². The summed E-state index contributed by atoms with van der Waals surface area (Å²) in [5, 5.41) is 2.85. The largest absolute Gasteiger partial charge is 0.491 e. The smallest absolute Gasteiger partial charge is 0.248 e. The van der Waals surface area contributed by atoms with Gasteiger partial charge >= 0.3 is 0 Å². The number of hydrogen-bond donors (Lipinski definition) is 2. The van der Waals surface area contributed by atoms with Crippen molar-refractivity contribution in [2.24, 2.45) is 0 Å². The summed E-state index contributed by atoms with van der Waals surface area (Å²) in [5.41, 5.74) is 9.21. The first-order chi connectivity index (χ1) is 11.1. The maximum atomic E-state index is 12.0. The van der Waals surface area contributed by atoms with Crippen molar-refractivity contribution < 1.29 is 9.53 Å². The number of nitrogens with one attached hydrogen (secondary N) is 1. The van der Waals surface area contributed by atoms with Crippen LogP contribution < -0.4 is 15.8 Å². The highest BCUT2D eigenvalue weighted by Gasteiger charge is 2.02. The normalized spacial score (nSPS) is 10.7. The number of amides is 1. The van der Waals surface area contributed by atoms with Crippen molar-refractivity contribution >= 4 is 23.4 Å². The van der Waals surface area contributed by atoms with E-state index in [-0.39, 0.29) is 5.91 Å². The molecule has 0 fully saturated rings. The predicted molar refractivity (Wildman–Crippen MR) is 95.5 cm³/mol. The van der Waals surface area contributed by atoms with Crippen LogP contribution >= 0.6 is 0 Å². The molecule has 0 saturated carbocycles. The van der Waals surface area contributed by atoms with Gasteiger partial charge in [0, 0.05) is 11.8 Å². The lowest BCUT2D eigenvalue weighted by atomic mass is 10.1. The standard InChI is InChI=1S/C19H22N2O2/c1-3-12-23-18-10-8-15(13-16(18)20)9-11-19(22)21-17-7-5-4-6-14(17)2/h4-11,13H,3,12,20H2,1-2H3,(H,21,22)/b11-9-. The molecule has 2 aromatic carbocycles. The lowest BCUT2D eigenvalue weighted by Gasteiger charge is -2.08. The number of rotatable bonds is 6. The van der Waals surface area contributed by atoms with E-state index in [1.165, 1.54) is 6.08 Å². The summed E-state index contributed by atoms with van der Waals surface area (Å²) in [5.74, 6) is 0.498. The van der Waals surface area contributed by atoms with E-state index >= 15 is 0 Å². The number of para-hydroxylation sites is 1. The molecule has 0 saturated heterocycles. The maximum Gasteiger partial charge on any atom is 0.248 e. The molecule has 23 heavy (non-hydrogen) atoms. The Balaban J connectivity index is 2.01. The molecule has 0 aliphatic heterocycles. The summed E-state index contributed by atoms with van der Waals surface area (Å²) in [7, 11) is 0. The van der Waals surface area contributed by atoms with E-state index in [0.29, 0.717) is 18.0 Å². The summed E-state index contributed by atoms with van der Waals surface area (Å²) >= 11 is 0.